The quantitative estimate of drug-likeness (QED) is 0.828. The Morgan fingerprint density at radius 3 is 2.47 bits per heavy atom. The normalized spacial score (nSPS) is 10.0. The summed E-state index contributed by atoms with van der Waals surface area (Å²) in [5, 5.41) is 5.40. The molecule has 0 atom stereocenters. The fourth-order valence-electron chi connectivity index (χ4n) is 1.32. The number of hydrogen-bond acceptors (Lipinski definition) is 4. The predicted octanol–water partition coefficient (Wildman–Crippen LogP) is 3.50. The van der Waals surface area contributed by atoms with Crippen molar-refractivity contribution >= 4 is 17.2 Å². The lowest BCUT2D eigenvalue weighted by molar-refractivity contribution is 0.584. The van der Waals surface area contributed by atoms with Crippen LogP contribution in [0.4, 0.5) is 26.0 Å². The molecular weight excluding hydrogens is 228 g/mol. The molecule has 1 aromatic heterocycles. The van der Waals surface area contributed by atoms with E-state index in [0.29, 0.717) is 0 Å². The smallest absolute Gasteiger partial charge is 0.132 e. The average molecular weight is 235 g/mol. The van der Waals surface area contributed by atoms with Crippen molar-refractivity contribution in [2.75, 3.05) is 5.32 Å². The van der Waals surface area contributed by atoms with E-state index < -0.39 is 11.6 Å². The van der Waals surface area contributed by atoms with Crippen LogP contribution in [0.1, 0.15) is 0 Å². The zero-order valence-electron chi connectivity index (χ0n) is 8.52. The molecule has 1 aromatic carbocycles. The fourth-order valence-corrected chi connectivity index (χ4v) is 1.32. The summed E-state index contributed by atoms with van der Waals surface area (Å²) in [6.45, 7) is 0. The molecule has 0 saturated carbocycles. The van der Waals surface area contributed by atoms with Gasteiger partial charge in [-0.1, -0.05) is 0 Å². The van der Waals surface area contributed by atoms with Gasteiger partial charge in [0.05, 0.1) is 0 Å². The highest BCUT2D eigenvalue weighted by molar-refractivity contribution is 5.59. The van der Waals surface area contributed by atoms with E-state index in [9.17, 15) is 13.7 Å². The zero-order chi connectivity index (χ0) is 12.3. The van der Waals surface area contributed by atoms with Crippen LogP contribution < -0.4 is 5.32 Å². The van der Waals surface area contributed by atoms with Gasteiger partial charge in [-0.25, -0.2) is 13.8 Å². The molecule has 86 valence electrons. The largest absolute Gasteiger partial charge is 0.340 e. The molecular formula is C11H7F2N3O. The molecule has 2 rings (SSSR count). The Morgan fingerprint density at radius 2 is 1.82 bits per heavy atom. The first-order valence-electron chi connectivity index (χ1n) is 4.70. The average Bonchev–Trinajstić information content (AvgIpc) is 2.28. The van der Waals surface area contributed by atoms with Crippen LogP contribution in [0.25, 0.3) is 0 Å². The first kappa shape index (κ1) is 11.1. The maximum atomic E-state index is 12.9. The second kappa shape index (κ2) is 4.65. The Labute approximate surface area is 95.3 Å². The summed E-state index contributed by atoms with van der Waals surface area (Å²) >= 11 is 0. The SMILES string of the molecule is O=Nc1ccnc(Nc2cc(F)cc(F)c2)c1. The number of benzene rings is 1. The first-order valence-corrected chi connectivity index (χ1v) is 4.70. The van der Waals surface area contributed by atoms with E-state index in [1.54, 1.807) is 0 Å². The third-order valence-corrected chi connectivity index (χ3v) is 1.98. The molecule has 17 heavy (non-hydrogen) atoms. The van der Waals surface area contributed by atoms with E-state index in [4.69, 9.17) is 0 Å². The number of hydrogen-bond donors (Lipinski definition) is 1. The van der Waals surface area contributed by atoms with Gasteiger partial charge < -0.3 is 5.32 Å². The number of nitroso groups, excluding NO2 is 1. The lowest BCUT2D eigenvalue weighted by Gasteiger charge is -2.05. The number of nitrogens with zero attached hydrogens (tertiary/aromatic N) is 2. The van der Waals surface area contributed by atoms with Crippen molar-refractivity contribution in [2.45, 2.75) is 0 Å². The Bertz CT molecular complexity index is 540. The predicted molar refractivity (Wildman–Crippen MR) is 59.3 cm³/mol. The van der Waals surface area contributed by atoms with Crippen molar-refractivity contribution in [3.8, 4) is 0 Å². The number of anilines is 2. The Hall–Kier alpha value is -2.37. The van der Waals surface area contributed by atoms with E-state index in [1.807, 2.05) is 0 Å². The molecule has 2 aromatic rings. The second-order valence-corrected chi connectivity index (χ2v) is 3.27. The third-order valence-electron chi connectivity index (χ3n) is 1.98. The van der Waals surface area contributed by atoms with Crippen LogP contribution in [0.5, 0.6) is 0 Å². The second-order valence-electron chi connectivity index (χ2n) is 3.27. The van der Waals surface area contributed by atoms with Crippen LogP contribution in [0.15, 0.2) is 41.7 Å². The molecule has 0 amide bonds. The highest BCUT2D eigenvalue weighted by atomic mass is 19.1. The highest BCUT2D eigenvalue weighted by Crippen LogP contribution is 2.20. The van der Waals surface area contributed by atoms with Gasteiger partial charge in [0.2, 0.25) is 0 Å². The number of rotatable bonds is 3. The van der Waals surface area contributed by atoms with E-state index in [-0.39, 0.29) is 17.2 Å². The minimum absolute atomic E-state index is 0.180. The van der Waals surface area contributed by atoms with Gasteiger partial charge in [0, 0.05) is 24.0 Å². The van der Waals surface area contributed by atoms with Gasteiger partial charge in [0.25, 0.3) is 0 Å². The van der Waals surface area contributed by atoms with Crippen LogP contribution >= 0.6 is 0 Å². The van der Waals surface area contributed by atoms with Gasteiger partial charge in [-0.3, -0.25) is 0 Å². The van der Waals surface area contributed by atoms with Gasteiger partial charge in [0.1, 0.15) is 23.1 Å². The van der Waals surface area contributed by atoms with Gasteiger partial charge in [-0.05, 0) is 23.4 Å². The molecule has 0 aliphatic rings. The minimum Gasteiger partial charge on any atom is -0.340 e. The van der Waals surface area contributed by atoms with Gasteiger partial charge in [-0.15, -0.1) is 4.91 Å². The van der Waals surface area contributed by atoms with Gasteiger partial charge in [0.15, 0.2) is 0 Å². The van der Waals surface area contributed by atoms with Crippen LogP contribution in [0.3, 0.4) is 0 Å². The van der Waals surface area contributed by atoms with Crippen molar-refractivity contribution in [3.63, 3.8) is 0 Å². The monoisotopic (exact) mass is 235 g/mol. The number of nitrogens with one attached hydrogen (secondary N) is 1. The summed E-state index contributed by atoms with van der Waals surface area (Å²) in [4.78, 5) is 14.2. The van der Waals surface area contributed by atoms with Gasteiger partial charge in [-0.2, -0.15) is 0 Å². The summed E-state index contributed by atoms with van der Waals surface area (Å²) in [6, 6.07) is 5.79. The van der Waals surface area contributed by atoms with Crippen LogP contribution in [-0.4, -0.2) is 4.98 Å². The van der Waals surface area contributed by atoms with Crippen molar-refractivity contribution in [1.82, 2.24) is 4.98 Å². The Balaban J connectivity index is 2.27. The summed E-state index contributed by atoms with van der Waals surface area (Å²) in [6.07, 6.45) is 1.37. The van der Waals surface area contributed by atoms with Crippen molar-refractivity contribution in [2.24, 2.45) is 5.18 Å². The molecule has 0 unspecified atom stereocenters. The molecule has 0 aliphatic carbocycles. The van der Waals surface area contributed by atoms with Crippen molar-refractivity contribution in [1.29, 1.82) is 0 Å². The topological polar surface area (TPSA) is 54.4 Å². The van der Waals surface area contributed by atoms with Crippen LogP contribution in [0.2, 0.25) is 0 Å². The molecule has 1 heterocycles. The molecule has 0 bridgehead atoms. The van der Waals surface area contributed by atoms with E-state index >= 15 is 0 Å². The maximum absolute atomic E-state index is 12.9. The molecule has 6 heteroatoms. The minimum atomic E-state index is -0.697. The maximum Gasteiger partial charge on any atom is 0.132 e. The third kappa shape index (κ3) is 2.81. The summed E-state index contributed by atoms with van der Waals surface area (Å²) in [5.41, 5.74) is 0.387. The van der Waals surface area contributed by atoms with Crippen molar-refractivity contribution < 1.29 is 8.78 Å². The Morgan fingerprint density at radius 1 is 1.12 bits per heavy atom. The Kier molecular flexibility index (Phi) is 3.04. The molecule has 4 nitrogen and oxygen atoms in total. The number of aromatic nitrogens is 1. The fraction of sp³-hybridized carbons (Fsp3) is 0. The van der Waals surface area contributed by atoms with Gasteiger partial charge >= 0.3 is 0 Å². The van der Waals surface area contributed by atoms with E-state index in [0.717, 1.165) is 18.2 Å². The number of pyridine rings is 1. The highest BCUT2D eigenvalue weighted by Gasteiger charge is 2.02. The first-order chi connectivity index (χ1) is 8.17. The van der Waals surface area contributed by atoms with E-state index in [1.165, 1.54) is 18.3 Å². The summed E-state index contributed by atoms with van der Waals surface area (Å²) in [5.74, 6) is -1.11. The molecule has 0 radical (unpaired) electrons. The molecule has 0 spiro atoms. The van der Waals surface area contributed by atoms with E-state index in [2.05, 4.69) is 15.5 Å². The lowest BCUT2D eigenvalue weighted by atomic mass is 10.3. The van der Waals surface area contributed by atoms with Crippen LogP contribution in [-0.2, 0) is 0 Å². The summed E-state index contributed by atoms with van der Waals surface area (Å²) in [7, 11) is 0. The van der Waals surface area contributed by atoms with Crippen molar-refractivity contribution in [3.05, 3.63) is 53.1 Å². The molecule has 0 aliphatic heterocycles. The number of halogens is 2. The molecule has 1 N–H and O–H groups in total. The zero-order valence-corrected chi connectivity index (χ0v) is 8.52. The standard InChI is InChI=1S/C11H7F2N3O/c12-7-3-8(13)5-10(4-7)15-11-6-9(16-17)1-2-14-11/h1-6H,(H,14,15). The van der Waals surface area contributed by atoms with Crippen LogP contribution in [0, 0.1) is 16.5 Å². The molecule has 0 fully saturated rings. The summed E-state index contributed by atoms with van der Waals surface area (Å²) < 4.78 is 25.8. The molecule has 0 saturated heterocycles. The lowest BCUT2D eigenvalue weighted by Crippen LogP contribution is -1.94.